The predicted octanol–water partition coefficient (Wildman–Crippen LogP) is 2.89. The van der Waals surface area contributed by atoms with Gasteiger partial charge in [0, 0.05) is 24.7 Å². The Hall–Kier alpha value is -2.71. The first-order valence-corrected chi connectivity index (χ1v) is 10.2. The van der Waals surface area contributed by atoms with Crippen LogP contribution in [-0.2, 0) is 4.74 Å². The SMILES string of the molecule is C=C[C@H](c1ccc(-c2cc(F)c3nccnc3c2)cc1C)[C@@H]1C[C@@H](O)[C@H](O)[C@@H](CO)O1. The van der Waals surface area contributed by atoms with Gasteiger partial charge in [0.2, 0.25) is 0 Å². The van der Waals surface area contributed by atoms with Gasteiger partial charge in [-0.1, -0.05) is 24.3 Å². The topological polar surface area (TPSA) is 95.7 Å². The first kappa shape index (κ1) is 21.5. The summed E-state index contributed by atoms with van der Waals surface area (Å²) in [6.45, 7) is 5.49. The molecule has 1 aliphatic heterocycles. The van der Waals surface area contributed by atoms with Crippen molar-refractivity contribution in [2.45, 2.75) is 43.7 Å². The molecule has 7 heteroatoms. The van der Waals surface area contributed by atoms with Gasteiger partial charge in [-0.05, 0) is 41.3 Å². The number of aliphatic hydroxyl groups excluding tert-OH is 3. The first-order chi connectivity index (χ1) is 14.9. The Balaban J connectivity index is 1.66. The van der Waals surface area contributed by atoms with Crippen LogP contribution >= 0.6 is 0 Å². The molecule has 0 unspecified atom stereocenters. The third-order valence-corrected chi connectivity index (χ3v) is 5.92. The molecule has 2 heterocycles. The van der Waals surface area contributed by atoms with Gasteiger partial charge < -0.3 is 20.1 Å². The maximum atomic E-state index is 14.5. The molecule has 1 aliphatic rings. The molecule has 5 atom stereocenters. The zero-order valence-corrected chi connectivity index (χ0v) is 17.1. The van der Waals surface area contributed by atoms with Gasteiger partial charge in [0.15, 0.2) is 5.82 Å². The van der Waals surface area contributed by atoms with Crippen molar-refractivity contribution >= 4 is 11.0 Å². The van der Waals surface area contributed by atoms with Crippen molar-refractivity contribution in [3.05, 3.63) is 72.3 Å². The smallest absolute Gasteiger partial charge is 0.151 e. The van der Waals surface area contributed by atoms with E-state index in [1.54, 1.807) is 12.1 Å². The normalized spacial score (nSPS) is 24.8. The average molecular weight is 424 g/mol. The quantitative estimate of drug-likeness (QED) is 0.545. The summed E-state index contributed by atoms with van der Waals surface area (Å²) in [7, 11) is 0. The highest BCUT2D eigenvalue weighted by atomic mass is 19.1. The Bertz CT molecular complexity index is 1110. The largest absolute Gasteiger partial charge is 0.394 e. The van der Waals surface area contributed by atoms with Crippen LogP contribution in [0.5, 0.6) is 0 Å². The zero-order chi connectivity index (χ0) is 22.1. The summed E-state index contributed by atoms with van der Waals surface area (Å²) in [5.41, 5.74) is 4.16. The van der Waals surface area contributed by atoms with Crippen LogP contribution in [0, 0.1) is 12.7 Å². The Morgan fingerprint density at radius 1 is 1.19 bits per heavy atom. The van der Waals surface area contributed by atoms with Crippen molar-refractivity contribution in [2.75, 3.05) is 6.61 Å². The molecule has 6 nitrogen and oxygen atoms in total. The Labute approximate surface area is 179 Å². The Kier molecular flexibility index (Phi) is 6.11. The van der Waals surface area contributed by atoms with E-state index < -0.39 is 30.2 Å². The van der Waals surface area contributed by atoms with E-state index in [2.05, 4.69) is 16.5 Å². The van der Waals surface area contributed by atoms with Crippen LogP contribution in [0.1, 0.15) is 23.5 Å². The lowest BCUT2D eigenvalue weighted by atomic mass is 9.83. The molecule has 0 bridgehead atoms. The fourth-order valence-electron chi connectivity index (χ4n) is 4.28. The number of ether oxygens (including phenoxy) is 1. The summed E-state index contributed by atoms with van der Waals surface area (Å²) < 4.78 is 20.3. The molecule has 0 amide bonds. The third kappa shape index (κ3) is 4.09. The standard InChI is InChI=1S/C24H25FN2O4/c1-3-16(21-11-20(29)24(30)22(12-28)31-21)17-5-4-14(8-13(17)2)15-9-18(25)23-19(10-15)26-6-7-27-23/h3-10,16,20-22,24,28-30H,1,11-12H2,2H3/t16-,20-,21+,22-,24+/m1/s1. The zero-order valence-electron chi connectivity index (χ0n) is 17.1. The molecule has 0 radical (unpaired) electrons. The van der Waals surface area contributed by atoms with E-state index in [-0.39, 0.29) is 24.5 Å². The van der Waals surface area contributed by atoms with Crippen molar-refractivity contribution in [2.24, 2.45) is 0 Å². The van der Waals surface area contributed by atoms with Crippen LogP contribution in [0.25, 0.3) is 22.2 Å². The van der Waals surface area contributed by atoms with Crippen molar-refractivity contribution in [1.29, 1.82) is 0 Å². The van der Waals surface area contributed by atoms with Crippen molar-refractivity contribution in [1.82, 2.24) is 9.97 Å². The van der Waals surface area contributed by atoms with Gasteiger partial charge in [-0.25, -0.2) is 9.37 Å². The summed E-state index contributed by atoms with van der Waals surface area (Å²) in [5, 5.41) is 29.7. The number of rotatable bonds is 5. The minimum atomic E-state index is -1.12. The van der Waals surface area contributed by atoms with E-state index in [0.717, 1.165) is 16.7 Å². The van der Waals surface area contributed by atoms with Crippen molar-refractivity contribution < 1.29 is 24.4 Å². The second-order valence-corrected chi connectivity index (χ2v) is 7.90. The Morgan fingerprint density at radius 2 is 1.97 bits per heavy atom. The third-order valence-electron chi connectivity index (χ3n) is 5.92. The number of hydrogen-bond donors (Lipinski definition) is 3. The minimum Gasteiger partial charge on any atom is -0.394 e. The molecule has 2 aromatic carbocycles. The highest BCUT2D eigenvalue weighted by molar-refractivity contribution is 5.82. The van der Waals surface area contributed by atoms with E-state index in [0.29, 0.717) is 11.1 Å². The van der Waals surface area contributed by atoms with Crippen LogP contribution in [-0.4, -0.2) is 56.3 Å². The van der Waals surface area contributed by atoms with E-state index >= 15 is 0 Å². The molecule has 1 aromatic heterocycles. The molecule has 0 aliphatic carbocycles. The molecule has 3 N–H and O–H groups in total. The number of aromatic nitrogens is 2. The van der Waals surface area contributed by atoms with Gasteiger partial charge in [0.05, 0.1) is 24.3 Å². The van der Waals surface area contributed by atoms with Gasteiger partial charge in [0.25, 0.3) is 0 Å². The average Bonchev–Trinajstić information content (AvgIpc) is 2.77. The summed E-state index contributed by atoms with van der Waals surface area (Å²) in [6.07, 6.45) is 1.57. The first-order valence-electron chi connectivity index (χ1n) is 10.2. The molecule has 4 rings (SSSR count). The number of fused-ring (bicyclic) bond motifs is 1. The number of aliphatic hydroxyl groups is 3. The van der Waals surface area contributed by atoms with Crippen LogP contribution in [0.4, 0.5) is 4.39 Å². The predicted molar refractivity (Wildman–Crippen MR) is 115 cm³/mol. The minimum absolute atomic E-state index is 0.226. The van der Waals surface area contributed by atoms with Crippen LogP contribution in [0.3, 0.4) is 0 Å². The lowest BCUT2D eigenvalue weighted by molar-refractivity contribution is -0.182. The molecular formula is C24H25FN2O4. The number of benzene rings is 2. The van der Waals surface area contributed by atoms with E-state index in [1.165, 1.54) is 18.5 Å². The highest BCUT2D eigenvalue weighted by Gasteiger charge is 2.39. The van der Waals surface area contributed by atoms with Crippen molar-refractivity contribution in [3.63, 3.8) is 0 Å². The van der Waals surface area contributed by atoms with Gasteiger partial charge in [-0.2, -0.15) is 0 Å². The van der Waals surface area contributed by atoms with Gasteiger partial charge in [-0.15, -0.1) is 6.58 Å². The maximum Gasteiger partial charge on any atom is 0.151 e. The number of hydrogen-bond acceptors (Lipinski definition) is 6. The monoisotopic (exact) mass is 424 g/mol. The van der Waals surface area contributed by atoms with E-state index in [9.17, 15) is 19.7 Å². The number of halogens is 1. The number of aryl methyl sites for hydroxylation is 1. The van der Waals surface area contributed by atoms with Crippen LogP contribution < -0.4 is 0 Å². The molecule has 1 fully saturated rings. The lowest BCUT2D eigenvalue weighted by Gasteiger charge is -2.39. The number of nitrogens with zero attached hydrogens (tertiary/aromatic N) is 2. The van der Waals surface area contributed by atoms with E-state index in [1.807, 2.05) is 25.1 Å². The lowest BCUT2D eigenvalue weighted by Crippen LogP contribution is -2.51. The van der Waals surface area contributed by atoms with Gasteiger partial charge >= 0.3 is 0 Å². The second kappa shape index (κ2) is 8.80. The molecule has 1 saturated heterocycles. The second-order valence-electron chi connectivity index (χ2n) is 7.90. The van der Waals surface area contributed by atoms with Crippen LogP contribution in [0.15, 0.2) is 55.4 Å². The molecule has 3 aromatic rings. The maximum absolute atomic E-state index is 14.5. The molecule has 162 valence electrons. The molecular weight excluding hydrogens is 399 g/mol. The summed E-state index contributed by atoms with van der Waals surface area (Å²) in [4.78, 5) is 8.24. The summed E-state index contributed by atoms with van der Waals surface area (Å²) in [5.74, 6) is -0.672. The van der Waals surface area contributed by atoms with Gasteiger partial charge in [0.1, 0.15) is 17.7 Å². The van der Waals surface area contributed by atoms with Crippen molar-refractivity contribution in [3.8, 4) is 11.1 Å². The fourth-order valence-corrected chi connectivity index (χ4v) is 4.28. The van der Waals surface area contributed by atoms with Crippen LogP contribution in [0.2, 0.25) is 0 Å². The Morgan fingerprint density at radius 3 is 2.68 bits per heavy atom. The molecule has 31 heavy (non-hydrogen) atoms. The fraction of sp³-hybridized carbons (Fsp3) is 0.333. The van der Waals surface area contributed by atoms with Gasteiger partial charge in [-0.3, -0.25) is 4.98 Å². The van der Waals surface area contributed by atoms with E-state index in [4.69, 9.17) is 4.74 Å². The molecule has 0 spiro atoms. The summed E-state index contributed by atoms with van der Waals surface area (Å²) in [6, 6.07) is 9.04. The highest BCUT2D eigenvalue weighted by Crippen LogP contribution is 2.35. The molecule has 0 saturated carbocycles. The summed E-state index contributed by atoms with van der Waals surface area (Å²) >= 11 is 0.